The fourth-order valence-electron chi connectivity index (χ4n) is 3.45. The summed E-state index contributed by atoms with van der Waals surface area (Å²) in [5.74, 6) is 0.148. The third-order valence-electron chi connectivity index (χ3n) is 5.07. The predicted molar refractivity (Wildman–Crippen MR) is 117 cm³/mol. The summed E-state index contributed by atoms with van der Waals surface area (Å²) in [7, 11) is 0. The minimum Gasteiger partial charge on any atom is -0.488 e. The minimum absolute atomic E-state index is 0.109. The molecule has 1 amide bonds. The van der Waals surface area contributed by atoms with Gasteiger partial charge in [-0.3, -0.25) is 14.8 Å². The van der Waals surface area contributed by atoms with Gasteiger partial charge in [-0.1, -0.05) is 23.5 Å². The maximum atomic E-state index is 11.2. The number of primary amides is 1. The number of benzene rings is 1. The van der Waals surface area contributed by atoms with Gasteiger partial charge in [-0.15, -0.1) is 0 Å². The lowest BCUT2D eigenvalue weighted by atomic mass is 9.89. The van der Waals surface area contributed by atoms with E-state index < -0.39 is 5.91 Å². The second kappa shape index (κ2) is 7.72. The van der Waals surface area contributed by atoms with Crippen LogP contribution in [0.2, 0.25) is 0 Å². The number of carbonyl (C=O) groups excluding carboxylic acids is 1. The quantitative estimate of drug-likeness (QED) is 0.494. The summed E-state index contributed by atoms with van der Waals surface area (Å²) in [6.07, 6.45) is 5.19. The first-order chi connectivity index (χ1) is 14.7. The van der Waals surface area contributed by atoms with Gasteiger partial charge in [0.1, 0.15) is 23.2 Å². The topological polar surface area (TPSA) is 103 Å². The lowest BCUT2D eigenvalue weighted by molar-refractivity contribution is 0.0995. The molecule has 1 fully saturated rings. The molecule has 0 aliphatic heterocycles. The Kier molecular flexibility index (Phi) is 4.76. The van der Waals surface area contributed by atoms with Crippen LogP contribution in [0, 0.1) is 0 Å². The lowest BCUT2D eigenvalue weighted by Gasteiger charge is -2.36. The van der Waals surface area contributed by atoms with Gasteiger partial charge in [-0.2, -0.15) is 0 Å². The second-order valence-corrected chi connectivity index (χ2v) is 8.22. The van der Waals surface area contributed by atoms with Crippen LogP contribution in [0.25, 0.3) is 21.5 Å². The van der Waals surface area contributed by atoms with Gasteiger partial charge in [0.2, 0.25) is 0 Å². The Hall–Kier alpha value is -3.52. The molecule has 5 rings (SSSR count). The van der Waals surface area contributed by atoms with Gasteiger partial charge in [0.25, 0.3) is 5.91 Å². The second-order valence-electron chi connectivity index (χ2n) is 7.19. The summed E-state index contributed by atoms with van der Waals surface area (Å²) in [5, 5.41) is 4.45. The van der Waals surface area contributed by atoms with Gasteiger partial charge in [0.05, 0.1) is 10.2 Å². The van der Waals surface area contributed by atoms with E-state index in [-0.39, 0.29) is 11.8 Å². The first kappa shape index (κ1) is 18.5. The molecule has 0 bridgehead atoms. The van der Waals surface area contributed by atoms with Crippen molar-refractivity contribution in [2.24, 2.45) is 5.73 Å². The van der Waals surface area contributed by atoms with Crippen LogP contribution in [0.15, 0.2) is 60.9 Å². The van der Waals surface area contributed by atoms with E-state index in [0.29, 0.717) is 17.5 Å². The molecule has 7 nitrogen and oxygen atoms in total. The number of nitrogens with zero attached hydrogens (tertiary/aromatic N) is 3. The van der Waals surface area contributed by atoms with E-state index in [1.807, 2.05) is 30.3 Å². The maximum absolute atomic E-state index is 11.2. The van der Waals surface area contributed by atoms with Crippen molar-refractivity contribution in [2.45, 2.75) is 25.0 Å². The fraction of sp³-hybridized carbons (Fsp3) is 0.182. The molecule has 0 radical (unpaired) electrons. The molecule has 4 aromatic rings. The van der Waals surface area contributed by atoms with Crippen molar-refractivity contribution in [3.05, 3.63) is 66.6 Å². The molecule has 3 N–H and O–H groups in total. The van der Waals surface area contributed by atoms with Crippen molar-refractivity contribution < 1.29 is 9.53 Å². The Morgan fingerprint density at radius 1 is 1.10 bits per heavy atom. The van der Waals surface area contributed by atoms with Crippen LogP contribution in [0.1, 0.15) is 23.3 Å². The standard InChI is InChI=1S/C22H19N5O2S/c23-21(28)17-8-7-13(12-25-17)20-18(5-3-9-24-20)29-15-10-14(11-15)26-22-27-16-4-1-2-6-19(16)30-22/h1-9,12,14-15H,10-11H2,(H2,23,28)(H,26,27)/t14-,15+. The van der Waals surface area contributed by atoms with E-state index in [9.17, 15) is 4.79 Å². The van der Waals surface area contributed by atoms with E-state index >= 15 is 0 Å². The Bertz CT molecular complexity index is 1170. The molecule has 0 saturated heterocycles. The number of ether oxygens (including phenoxy) is 1. The average molecular weight is 417 g/mol. The molecule has 30 heavy (non-hydrogen) atoms. The molecule has 1 aromatic carbocycles. The van der Waals surface area contributed by atoms with Crippen LogP contribution in [-0.2, 0) is 0 Å². The molecule has 8 heteroatoms. The van der Waals surface area contributed by atoms with Crippen LogP contribution in [0.5, 0.6) is 5.75 Å². The van der Waals surface area contributed by atoms with Gasteiger partial charge in [0.15, 0.2) is 5.13 Å². The summed E-state index contributed by atoms with van der Waals surface area (Å²) < 4.78 is 7.38. The third-order valence-corrected chi connectivity index (χ3v) is 6.04. The zero-order valence-electron chi connectivity index (χ0n) is 16.0. The van der Waals surface area contributed by atoms with Crippen molar-refractivity contribution >= 4 is 32.6 Å². The summed E-state index contributed by atoms with van der Waals surface area (Å²) in [5.41, 5.74) is 7.98. The molecular weight excluding hydrogens is 398 g/mol. The molecule has 1 aliphatic carbocycles. The number of rotatable bonds is 6. The van der Waals surface area contributed by atoms with Gasteiger partial charge in [-0.25, -0.2) is 4.98 Å². The highest BCUT2D eigenvalue weighted by atomic mass is 32.1. The molecule has 0 spiro atoms. The minimum atomic E-state index is -0.555. The van der Waals surface area contributed by atoms with E-state index in [0.717, 1.165) is 29.1 Å². The first-order valence-electron chi connectivity index (χ1n) is 9.66. The van der Waals surface area contributed by atoms with E-state index in [2.05, 4.69) is 26.3 Å². The molecule has 0 unspecified atom stereocenters. The van der Waals surface area contributed by atoms with E-state index in [1.54, 1.807) is 35.9 Å². The van der Waals surface area contributed by atoms with Gasteiger partial charge in [-0.05, 0) is 36.4 Å². The molecule has 1 aliphatic rings. The number of fused-ring (bicyclic) bond motifs is 1. The zero-order chi connectivity index (χ0) is 20.5. The van der Waals surface area contributed by atoms with Gasteiger partial charge < -0.3 is 15.8 Å². The summed E-state index contributed by atoms with van der Waals surface area (Å²) in [6.45, 7) is 0. The number of amides is 1. The number of nitrogens with one attached hydrogen (secondary N) is 1. The largest absolute Gasteiger partial charge is 0.488 e. The highest BCUT2D eigenvalue weighted by Gasteiger charge is 2.32. The maximum Gasteiger partial charge on any atom is 0.267 e. The number of nitrogens with two attached hydrogens (primary N) is 1. The van der Waals surface area contributed by atoms with E-state index in [4.69, 9.17) is 10.5 Å². The highest BCUT2D eigenvalue weighted by Crippen LogP contribution is 2.34. The number of para-hydroxylation sites is 1. The molecule has 1 saturated carbocycles. The number of hydrogen-bond donors (Lipinski definition) is 2. The highest BCUT2D eigenvalue weighted by molar-refractivity contribution is 7.22. The average Bonchev–Trinajstić information content (AvgIpc) is 3.15. The molecule has 3 heterocycles. The summed E-state index contributed by atoms with van der Waals surface area (Å²) in [6, 6.07) is 15.6. The SMILES string of the molecule is NC(=O)c1ccc(-c2ncccc2O[C@H]2C[C@@H](Nc3nc4ccccc4s3)C2)cn1. The monoisotopic (exact) mass is 417 g/mol. The predicted octanol–water partition coefficient (Wildman–Crippen LogP) is 3.87. The van der Waals surface area contributed by atoms with Crippen molar-refractivity contribution in [3.8, 4) is 17.0 Å². The third kappa shape index (κ3) is 3.69. The number of pyridine rings is 2. The van der Waals surface area contributed by atoms with Crippen LogP contribution in [0.3, 0.4) is 0 Å². The lowest BCUT2D eigenvalue weighted by Crippen LogP contribution is -2.42. The first-order valence-corrected chi connectivity index (χ1v) is 10.5. The van der Waals surface area contributed by atoms with Crippen molar-refractivity contribution in [1.29, 1.82) is 0 Å². The Balaban J connectivity index is 1.24. The van der Waals surface area contributed by atoms with E-state index in [1.165, 1.54) is 4.70 Å². The van der Waals surface area contributed by atoms with Crippen LogP contribution >= 0.6 is 11.3 Å². The number of thiazole rings is 1. The number of anilines is 1. The molecule has 3 aromatic heterocycles. The van der Waals surface area contributed by atoms with Crippen LogP contribution in [-0.4, -0.2) is 33.0 Å². The van der Waals surface area contributed by atoms with Crippen molar-refractivity contribution in [1.82, 2.24) is 15.0 Å². The summed E-state index contributed by atoms with van der Waals surface area (Å²) in [4.78, 5) is 24.4. The fourth-order valence-corrected chi connectivity index (χ4v) is 4.39. The number of hydrogen-bond acceptors (Lipinski definition) is 7. The Labute approximate surface area is 177 Å². The number of aromatic nitrogens is 3. The van der Waals surface area contributed by atoms with Gasteiger partial charge in [0, 0.05) is 36.8 Å². The molecular formula is C22H19N5O2S. The van der Waals surface area contributed by atoms with Crippen molar-refractivity contribution in [3.63, 3.8) is 0 Å². The number of carbonyl (C=O) groups is 1. The van der Waals surface area contributed by atoms with Gasteiger partial charge >= 0.3 is 0 Å². The van der Waals surface area contributed by atoms with Crippen LogP contribution < -0.4 is 15.8 Å². The molecule has 0 atom stereocenters. The molecule has 150 valence electrons. The zero-order valence-corrected chi connectivity index (χ0v) is 16.8. The smallest absolute Gasteiger partial charge is 0.267 e. The van der Waals surface area contributed by atoms with Crippen molar-refractivity contribution in [2.75, 3.05) is 5.32 Å². The summed E-state index contributed by atoms with van der Waals surface area (Å²) >= 11 is 1.67. The Morgan fingerprint density at radius 2 is 1.97 bits per heavy atom. The van der Waals surface area contributed by atoms with Crippen LogP contribution in [0.4, 0.5) is 5.13 Å². The normalized spacial score (nSPS) is 18.0. The Morgan fingerprint density at radius 3 is 2.73 bits per heavy atom.